The maximum absolute atomic E-state index is 13.7. The number of rotatable bonds is 3. The van der Waals surface area contributed by atoms with Gasteiger partial charge in [-0.2, -0.15) is 0 Å². The van der Waals surface area contributed by atoms with Gasteiger partial charge in [0.15, 0.2) is 0 Å². The van der Waals surface area contributed by atoms with E-state index in [1.165, 1.54) is 18.2 Å². The first-order valence-electron chi connectivity index (χ1n) is 6.88. The van der Waals surface area contributed by atoms with E-state index < -0.39 is 11.6 Å². The van der Waals surface area contributed by atoms with Crippen molar-refractivity contribution in [2.75, 3.05) is 5.32 Å². The molecule has 2 rings (SSSR count). The summed E-state index contributed by atoms with van der Waals surface area (Å²) in [6, 6.07) is 3.65. The number of aryl methyl sites for hydroxylation is 1. The number of aromatic nitrogens is 1. The van der Waals surface area contributed by atoms with E-state index in [1.54, 1.807) is 11.3 Å². The van der Waals surface area contributed by atoms with Crippen molar-refractivity contribution in [2.24, 2.45) is 0 Å². The highest BCUT2D eigenvalue weighted by molar-refractivity contribution is 7.12. The molecule has 1 atom stereocenters. The van der Waals surface area contributed by atoms with Gasteiger partial charge in [-0.1, -0.05) is 26.8 Å². The largest absolute Gasteiger partial charge is 0.373 e. The van der Waals surface area contributed by atoms with Crippen molar-refractivity contribution < 1.29 is 8.78 Å². The van der Waals surface area contributed by atoms with E-state index in [0.717, 1.165) is 15.6 Å². The molecule has 0 spiro atoms. The SMILES string of the molecule is Cc1nc(C(C)(C)C)sc1C(C)Nc1c(F)cccc1F. The molecule has 1 unspecified atom stereocenters. The molecule has 114 valence electrons. The molecular weight excluding hydrogens is 290 g/mol. The first-order chi connectivity index (χ1) is 9.70. The van der Waals surface area contributed by atoms with Crippen LogP contribution in [0.25, 0.3) is 0 Å². The molecular formula is C16H20F2N2S. The highest BCUT2D eigenvalue weighted by Crippen LogP contribution is 2.34. The summed E-state index contributed by atoms with van der Waals surface area (Å²) in [6.07, 6.45) is 0. The average molecular weight is 310 g/mol. The van der Waals surface area contributed by atoms with E-state index in [-0.39, 0.29) is 17.1 Å². The van der Waals surface area contributed by atoms with Crippen molar-refractivity contribution in [3.63, 3.8) is 0 Å². The van der Waals surface area contributed by atoms with Gasteiger partial charge in [0.1, 0.15) is 17.3 Å². The van der Waals surface area contributed by atoms with Crippen LogP contribution in [0.4, 0.5) is 14.5 Å². The Bertz CT molecular complexity index is 624. The van der Waals surface area contributed by atoms with Gasteiger partial charge in [0.05, 0.1) is 16.7 Å². The molecule has 0 bridgehead atoms. The number of nitrogens with zero attached hydrogens (tertiary/aromatic N) is 1. The van der Waals surface area contributed by atoms with Gasteiger partial charge in [0, 0.05) is 10.3 Å². The molecule has 21 heavy (non-hydrogen) atoms. The number of benzene rings is 1. The van der Waals surface area contributed by atoms with Gasteiger partial charge in [-0.3, -0.25) is 0 Å². The Hall–Kier alpha value is -1.49. The minimum atomic E-state index is -0.583. The van der Waals surface area contributed by atoms with Crippen LogP contribution in [0, 0.1) is 18.6 Å². The normalized spacial score (nSPS) is 13.3. The molecule has 0 saturated carbocycles. The molecule has 0 aliphatic heterocycles. The number of nitrogens with one attached hydrogen (secondary N) is 1. The maximum Gasteiger partial charge on any atom is 0.149 e. The van der Waals surface area contributed by atoms with Crippen LogP contribution in [-0.2, 0) is 5.41 Å². The summed E-state index contributed by atoms with van der Waals surface area (Å²) in [5.41, 5.74) is 0.785. The van der Waals surface area contributed by atoms with Gasteiger partial charge in [0.25, 0.3) is 0 Å². The van der Waals surface area contributed by atoms with E-state index in [4.69, 9.17) is 0 Å². The Balaban J connectivity index is 2.29. The van der Waals surface area contributed by atoms with Crippen LogP contribution in [0.15, 0.2) is 18.2 Å². The first-order valence-corrected chi connectivity index (χ1v) is 7.70. The third kappa shape index (κ3) is 3.40. The number of hydrogen-bond donors (Lipinski definition) is 1. The molecule has 0 aliphatic rings. The molecule has 1 heterocycles. The fourth-order valence-corrected chi connectivity index (χ4v) is 3.17. The molecule has 2 aromatic rings. The second-order valence-electron chi connectivity index (χ2n) is 6.18. The standard InChI is InChI=1S/C16H20F2N2S/c1-9(19-13-11(17)7-6-8-12(13)18)14-10(2)20-15(21-14)16(3,4)5/h6-9,19H,1-5H3. The van der Waals surface area contributed by atoms with Crippen molar-refractivity contribution in [1.82, 2.24) is 4.98 Å². The van der Waals surface area contributed by atoms with Gasteiger partial charge in [-0.05, 0) is 26.0 Å². The fraction of sp³-hybridized carbons (Fsp3) is 0.438. The van der Waals surface area contributed by atoms with E-state index in [1.807, 2.05) is 13.8 Å². The molecule has 0 saturated heterocycles. The Kier molecular flexibility index (Phi) is 4.33. The molecule has 1 N–H and O–H groups in total. The summed E-state index contributed by atoms with van der Waals surface area (Å²) in [6.45, 7) is 10.1. The lowest BCUT2D eigenvalue weighted by molar-refractivity contribution is 0.584. The summed E-state index contributed by atoms with van der Waals surface area (Å²) in [5.74, 6) is -1.17. The zero-order chi connectivity index (χ0) is 15.8. The number of halogens is 2. The quantitative estimate of drug-likeness (QED) is 0.842. The lowest BCUT2D eigenvalue weighted by atomic mass is 9.98. The van der Waals surface area contributed by atoms with Crippen LogP contribution in [0.2, 0.25) is 0 Å². The second-order valence-corrected chi connectivity index (χ2v) is 7.21. The minimum absolute atomic E-state index is 0.0311. The van der Waals surface area contributed by atoms with Gasteiger partial charge in [0.2, 0.25) is 0 Å². The molecule has 0 fully saturated rings. The number of thiazole rings is 1. The lowest BCUT2D eigenvalue weighted by Gasteiger charge is -2.16. The molecule has 1 aromatic carbocycles. The third-order valence-electron chi connectivity index (χ3n) is 3.19. The van der Waals surface area contributed by atoms with Crippen molar-refractivity contribution in [3.8, 4) is 0 Å². The average Bonchev–Trinajstić information content (AvgIpc) is 2.76. The van der Waals surface area contributed by atoms with Crippen molar-refractivity contribution in [3.05, 3.63) is 45.4 Å². The number of para-hydroxylation sites is 1. The predicted molar refractivity (Wildman–Crippen MR) is 83.9 cm³/mol. The molecule has 0 radical (unpaired) electrons. The number of hydrogen-bond acceptors (Lipinski definition) is 3. The Morgan fingerprint density at radius 1 is 1.19 bits per heavy atom. The van der Waals surface area contributed by atoms with Gasteiger partial charge in [-0.15, -0.1) is 11.3 Å². The maximum atomic E-state index is 13.7. The van der Waals surface area contributed by atoms with Crippen molar-refractivity contribution in [1.29, 1.82) is 0 Å². The smallest absolute Gasteiger partial charge is 0.149 e. The molecule has 0 aliphatic carbocycles. The lowest BCUT2D eigenvalue weighted by Crippen LogP contribution is -2.10. The fourth-order valence-electron chi connectivity index (χ4n) is 2.05. The van der Waals surface area contributed by atoms with Gasteiger partial charge in [-0.25, -0.2) is 13.8 Å². The summed E-state index contributed by atoms with van der Waals surface area (Å²) in [4.78, 5) is 5.58. The zero-order valence-corrected chi connectivity index (χ0v) is 13.7. The molecule has 2 nitrogen and oxygen atoms in total. The summed E-state index contributed by atoms with van der Waals surface area (Å²) >= 11 is 1.59. The van der Waals surface area contributed by atoms with Crippen molar-refractivity contribution in [2.45, 2.75) is 46.1 Å². The van der Waals surface area contributed by atoms with E-state index >= 15 is 0 Å². The van der Waals surface area contributed by atoms with Gasteiger partial charge >= 0.3 is 0 Å². The van der Waals surface area contributed by atoms with E-state index in [9.17, 15) is 8.78 Å². The Morgan fingerprint density at radius 2 is 1.76 bits per heavy atom. The molecule has 5 heteroatoms. The van der Waals surface area contributed by atoms with Gasteiger partial charge < -0.3 is 5.32 Å². The van der Waals surface area contributed by atoms with Crippen LogP contribution in [-0.4, -0.2) is 4.98 Å². The second kappa shape index (κ2) is 5.72. The zero-order valence-electron chi connectivity index (χ0n) is 12.9. The Morgan fingerprint density at radius 3 is 2.24 bits per heavy atom. The van der Waals surface area contributed by atoms with Crippen molar-refractivity contribution >= 4 is 17.0 Å². The highest BCUT2D eigenvalue weighted by Gasteiger charge is 2.23. The number of anilines is 1. The summed E-state index contributed by atoms with van der Waals surface area (Å²) in [5, 5.41) is 3.95. The van der Waals surface area contributed by atoms with Crippen LogP contribution in [0.5, 0.6) is 0 Å². The predicted octanol–water partition coefficient (Wildman–Crippen LogP) is 5.20. The highest BCUT2D eigenvalue weighted by atomic mass is 32.1. The first kappa shape index (κ1) is 15.9. The summed E-state index contributed by atoms with van der Waals surface area (Å²) < 4.78 is 27.4. The van der Waals surface area contributed by atoms with Crippen LogP contribution in [0.3, 0.4) is 0 Å². The monoisotopic (exact) mass is 310 g/mol. The van der Waals surface area contributed by atoms with Crippen LogP contribution < -0.4 is 5.32 Å². The third-order valence-corrected chi connectivity index (χ3v) is 4.96. The van der Waals surface area contributed by atoms with Crippen LogP contribution >= 0.6 is 11.3 Å². The van der Waals surface area contributed by atoms with E-state index in [2.05, 4.69) is 31.1 Å². The summed E-state index contributed by atoms with van der Waals surface area (Å²) in [7, 11) is 0. The van der Waals surface area contributed by atoms with E-state index in [0.29, 0.717) is 0 Å². The Labute approximate surface area is 128 Å². The minimum Gasteiger partial charge on any atom is -0.373 e. The van der Waals surface area contributed by atoms with Crippen LogP contribution in [0.1, 0.15) is 49.3 Å². The molecule has 1 aromatic heterocycles. The molecule has 0 amide bonds. The topological polar surface area (TPSA) is 24.9 Å².